The van der Waals surface area contributed by atoms with Gasteiger partial charge in [-0.05, 0) is 97.7 Å². The van der Waals surface area contributed by atoms with Crippen LogP contribution in [-0.2, 0) is 35.1 Å². The molecule has 244 valence electrons. The molecule has 8 N–H and O–H groups in total. The maximum absolute atomic E-state index is 13.2. The molecule has 1 aromatic carbocycles. The highest BCUT2D eigenvalue weighted by atomic mass is 127. The number of amides is 4. The van der Waals surface area contributed by atoms with Gasteiger partial charge in [-0.2, -0.15) is 0 Å². The Morgan fingerprint density at radius 2 is 1.73 bits per heavy atom. The summed E-state index contributed by atoms with van der Waals surface area (Å²) < 4.78 is 5.89. The maximum atomic E-state index is 13.2. The normalized spacial score (nSPS) is 18.1. The van der Waals surface area contributed by atoms with Crippen molar-refractivity contribution in [2.24, 2.45) is 17.6 Å². The lowest BCUT2D eigenvalue weighted by Crippen LogP contribution is -2.50. The summed E-state index contributed by atoms with van der Waals surface area (Å²) in [6.45, 7) is 1.01. The summed E-state index contributed by atoms with van der Waals surface area (Å²) in [7, 11) is 0. The zero-order valence-electron chi connectivity index (χ0n) is 24.5. The van der Waals surface area contributed by atoms with Crippen molar-refractivity contribution in [1.82, 2.24) is 21.3 Å². The van der Waals surface area contributed by atoms with Gasteiger partial charge in [0.2, 0.25) is 11.8 Å². The topological polar surface area (TPSA) is 226 Å². The molecule has 1 aliphatic carbocycles. The fraction of sp³-hybridized carbons (Fsp3) is 0.586. The van der Waals surface area contributed by atoms with Crippen LogP contribution in [0.25, 0.3) is 0 Å². The van der Waals surface area contributed by atoms with Crippen LogP contribution >= 0.6 is 22.6 Å². The van der Waals surface area contributed by atoms with Crippen LogP contribution in [-0.4, -0.2) is 77.9 Å². The first-order valence-corrected chi connectivity index (χ1v) is 15.7. The summed E-state index contributed by atoms with van der Waals surface area (Å²) in [6, 6.07) is 4.56. The summed E-state index contributed by atoms with van der Waals surface area (Å²) in [4.78, 5) is 71.4. The predicted octanol–water partition coefficient (Wildman–Crippen LogP) is 1.49. The summed E-state index contributed by atoms with van der Waals surface area (Å²) >= 11 is 2.19. The van der Waals surface area contributed by atoms with Gasteiger partial charge in [0.15, 0.2) is 6.23 Å². The minimum absolute atomic E-state index is 0.141. The number of halogens is 1. The van der Waals surface area contributed by atoms with Gasteiger partial charge in [0.1, 0.15) is 12.1 Å². The zero-order valence-corrected chi connectivity index (χ0v) is 26.6. The molecule has 0 spiro atoms. The second kappa shape index (κ2) is 19.7. The van der Waals surface area contributed by atoms with E-state index in [2.05, 4.69) is 43.9 Å². The lowest BCUT2D eigenvalue weighted by Gasteiger charge is -2.28. The predicted molar refractivity (Wildman–Crippen MR) is 167 cm³/mol. The molecule has 0 bridgehead atoms. The molecule has 0 saturated heterocycles. The van der Waals surface area contributed by atoms with E-state index in [1.165, 1.54) is 0 Å². The van der Waals surface area contributed by atoms with Crippen molar-refractivity contribution >= 4 is 58.8 Å². The number of carboxylic acids is 2. The van der Waals surface area contributed by atoms with E-state index in [9.17, 15) is 33.9 Å². The maximum Gasteiger partial charge on any atom is 0.326 e. The number of hydrogen-bond donors (Lipinski definition) is 7. The summed E-state index contributed by atoms with van der Waals surface area (Å²) in [6.07, 6.45) is 2.76. The van der Waals surface area contributed by atoms with Gasteiger partial charge in [-0.3, -0.25) is 19.2 Å². The minimum atomic E-state index is -1.44. The highest BCUT2D eigenvalue weighted by Crippen LogP contribution is 2.28. The molecule has 0 heterocycles. The molecule has 3 atom stereocenters. The molecule has 4 amide bonds. The van der Waals surface area contributed by atoms with Crippen molar-refractivity contribution in [3.63, 3.8) is 0 Å². The van der Waals surface area contributed by atoms with Crippen molar-refractivity contribution in [2.45, 2.75) is 82.5 Å². The second-order valence-corrected chi connectivity index (χ2v) is 12.0. The Bertz CT molecular complexity index is 1130. The Morgan fingerprint density at radius 1 is 1.00 bits per heavy atom. The van der Waals surface area contributed by atoms with Crippen LogP contribution in [0.4, 0.5) is 4.79 Å². The first-order chi connectivity index (χ1) is 21.0. The van der Waals surface area contributed by atoms with Gasteiger partial charge in [-0.25, -0.2) is 9.59 Å². The van der Waals surface area contributed by atoms with Crippen molar-refractivity contribution in [1.29, 1.82) is 0 Å². The fourth-order valence-corrected chi connectivity index (χ4v) is 5.57. The van der Waals surface area contributed by atoms with Crippen molar-refractivity contribution in [3.8, 4) is 0 Å². The van der Waals surface area contributed by atoms with E-state index in [4.69, 9.17) is 15.6 Å². The van der Waals surface area contributed by atoms with Gasteiger partial charge in [-0.15, -0.1) is 0 Å². The van der Waals surface area contributed by atoms with Crippen molar-refractivity contribution in [3.05, 3.63) is 33.4 Å². The molecule has 1 aliphatic rings. The van der Waals surface area contributed by atoms with Crippen LogP contribution in [0, 0.1) is 15.4 Å². The van der Waals surface area contributed by atoms with E-state index in [1.807, 2.05) is 24.3 Å². The van der Waals surface area contributed by atoms with Gasteiger partial charge in [0.25, 0.3) is 6.47 Å². The van der Waals surface area contributed by atoms with E-state index in [0.717, 1.165) is 34.8 Å². The highest BCUT2D eigenvalue weighted by molar-refractivity contribution is 14.1. The van der Waals surface area contributed by atoms with Gasteiger partial charge in [0.05, 0.1) is 0 Å². The molecule has 44 heavy (non-hydrogen) atoms. The summed E-state index contributed by atoms with van der Waals surface area (Å²) in [5, 5.41) is 28.3. The number of ether oxygens (including phenoxy) is 1. The number of benzene rings is 1. The standard InChI is InChI=1S/C29H42IN5O9/c30-21-5-3-4-19(14-21)15-23(33-26(39)20-9-7-18(16-31)8-10-20)27(40)32-13-2-1-6-24(44-17-36)35-29(43)34-22(28(41)42)11-12-25(37)38/h3-5,14,17-18,20,22-24H,1-2,6-13,15-16,31H2,(H,32,40)(H,33,39)(H,37,38)(H,41,42)(H2,34,35,43)/t18-,20-,22-,23-,24+/m0/s1. The van der Waals surface area contributed by atoms with Crippen LogP contribution in [0.3, 0.4) is 0 Å². The van der Waals surface area contributed by atoms with Crippen LogP contribution in [0.1, 0.15) is 63.4 Å². The Kier molecular flexibility index (Phi) is 16.5. The molecule has 0 aromatic heterocycles. The van der Waals surface area contributed by atoms with Gasteiger partial charge in [0, 0.05) is 35.3 Å². The Hall–Kier alpha value is -3.47. The lowest BCUT2D eigenvalue weighted by molar-refractivity contribution is -0.141. The lowest BCUT2D eigenvalue weighted by atomic mass is 9.81. The average molecular weight is 732 g/mol. The Labute approximate surface area is 269 Å². The summed E-state index contributed by atoms with van der Waals surface area (Å²) in [5.74, 6) is -2.81. The molecule has 1 fully saturated rings. The average Bonchev–Trinajstić information content (AvgIpc) is 2.98. The molecule has 1 aromatic rings. The van der Waals surface area contributed by atoms with Crippen molar-refractivity contribution in [2.75, 3.05) is 13.1 Å². The monoisotopic (exact) mass is 731 g/mol. The van der Waals surface area contributed by atoms with Crippen LogP contribution in [0.2, 0.25) is 0 Å². The molecule has 2 rings (SSSR count). The molecule has 0 aliphatic heterocycles. The first kappa shape index (κ1) is 36.7. The molecular formula is C29H42IN5O9. The molecular weight excluding hydrogens is 689 g/mol. The smallest absolute Gasteiger partial charge is 0.326 e. The third-order valence-electron chi connectivity index (χ3n) is 7.47. The third-order valence-corrected chi connectivity index (χ3v) is 8.14. The number of nitrogens with one attached hydrogen (secondary N) is 4. The number of aliphatic carboxylic acids is 2. The molecule has 1 saturated carbocycles. The quantitative estimate of drug-likeness (QED) is 0.0470. The molecule has 0 radical (unpaired) electrons. The zero-order chi connectivity index (χ0) is 32.5. The van der Waals surface area contributed by atoms with E-state index >= 15 is 0 Å². The number of carboxylic acid groups (broad SMARTS) is 2. The SMILES string of the molecule is NC[C@H]1CC[C@H](C(=O)N[C@@H](Cc2cccc(I)c2)C(=O)NCCCC[C@H](NC(=O)N[C@@H](CCC(=O)O)C(=O)O)OC=O)CC1. The third kappa shape index (κ3) is 13.9. The number of carbonyl (C=O) groups excluding carboxylic acids is 4. The number of unbranched alkanes of at least 4 members (excludes halogenated alkanes) is 1. The second-order valence-electron chi connectivity index (χ2n) is 10.8. The first-order valence-electron chi connectivity index (χ1n) is 14.7. The number of urea groups is 1. The van der Waals surface area contributed by atoms with Gasteiger partial charge >= 0.3 is 18.0 Å². The van der Waals surface area contributed by atoms with E-state index in [1.54, 1.807) is 0 Å². The molecule has 15 heteroatoms. The summed E-state index contributed by atoms with van der Waals surface area (Å²) in [5.41, 5.74) is 6.69. The number of rotatable bonds is 19. The molecule has 0 unspecified atom stereocenters. The number of carbonyl (C=O) groups is 6. The van der Waals surface area contributed by atoms with E-state index in [-0.39, 0.29) is 43.6 Å². The Morgan fingerprint density at radius 3 is 2.34 bits per heavy atom. The largest absolute Gasteiger partial charge is 0.481 e. The highest BCUT2D eigenvalue weighted by Gasteiger charge is 2.29. The van der Waals surface area contributed by atoms with E-state index < -0.39 is 42.7 Å². The Balaban J connectivity index is 1.87. The number of hydrogen-bond acceptors (Lipinski definition) is 8. The number of nitrogens with two attached hydrogens (primary N) is 1. The van der Waals surface area contributed by atoms with Crippen molar-refractivity contribution < 1.29 is 43.7 Å². The molecule has 14 nitrogen and oxygen atoms in total. The minimum Gasteiger partial charge on any atom is -0.481 e. The fourth-order valence-electron chi connectivity index (χ4n) is 4.96. The van der Waals surface area contributed by atoms with E-state index in [0.29, 0.717) is 31.7 Å². The van der Waals surface area contributed by atoms with Gasteiger partial charge in [-0.1, -0.05) is 12.1 Å². The van der Waals surface area contributed by atoms with Crippen LogP contribution < -0.4 is 27.0 Å². The van der Waals surface area contributed by atoms with Crippen LogP contribution in [0.5, 0.6) is 0 Å². The van der Waals surface area contributed by atoms with Gasteiger partial charge < -0.3 is 42.0 Å². The van der Waals surface area contributed by atoms with Crippen LogP contribution in [0.15, 0.2) is 24.3 Å².